The molecule has 1 amide bonds. The Balaban J connectivity index is 2.15. The topological polar surface area (TPSA) is 46.9 Å². The van der Waals surface area contributed by atoms with Crippen LogP contribution in [0.3, 0.4) is 0 Å². The van der Waals surface area contributed by atoms with Gasteiger partial charge in [0, 0.05) is 6.54 Å². The second kappa shape index (κ2) is 6.48. The Morgan fingerprint density at radius 2 is 1.75 bits per heavy atom. The molecule has 0 saturated carbocycles. The van der Waals surface area contributed by atoms with Crippen LogP contribution in [-0.4, -0.2) is 16.0 Å². The summed E-state index contributed by atoms with van der Waals surface area (Å²) < 4.78 is 2.21. The number of aryl methyl sites for hydroxylation is 2. The molecule has 0 aliphatic heterocycles. The molecule has 0 bridgehead atoms. The van der Waals surface area contributed by atoms with Crippen LogP contribution < -0.4 is 5.32 Å². The highest BCUT2D eigenvalue weighted by molar-refractivity contribution is 5.76. The summed E-state index contributed by atoms with van der Waals surface area (Å²) in [5.74, 6) is 0.876. The number of carbonyl (C=O) groups excluding carboxylic acids is 1. The van der Waals surface area contributed by atoms with Crippen molar-refractivity contribution in [3.63, 3.8) is 0 Å². The molecule has 2 aromatic carbocycles. The molecular weight excluding hydrogens is 298 g/mol. The van der Waals surface area contributed by atoms with Crippen molar-refractivity contribution < 1.29 is 4.79 Å². The van der Waals surface area contributed by atoms with Gasteiger partial charge in [-0.1, -0.05) is 18.2 Å². The van der Waals surface area contributed by atoms with Gasteiger partial charge >= 0.3 is 0 Å². The van der Waals surface area contributed by atoms with Crippen molar-refractivity contribution in [1.29, 1.82) is 0 Å². The number of nitrogens with one attached hydrogen (secondary N) is 1. The second-order valence-electron chi connectivity index (χ2n) is 6.34. The van der Waals surface area contributed by atoms with Crippen molar-refractivity contribution in [2.75, 3.05) is 0 Å². The molecule has 0 spiro atoms. The molecule has 124 valence electrons. The van der Waals surface area contributed by atoms with E-state index in [1.807, 2.05) is 18.2 Å². The van der Waals surface area contributed by atoms with E-state index in [4.69, 9.17) is 4.98 Å². The Bertz CT molecular complexity index is 883. The van der Waals surface area contributed by atoms with Gasteiger partial charge in [-0.3, -0.25) is 4.79 Å². The number of fused-ring (bicyclic) bond motifs is 1. The average molecular weight is 321 g/mol. The first-order valence-corrected chi connectivity index (χ1v) is 8.20. The number of benzene rings is 2. The molecule has 4 heteroatoms. The predicted octanol–water partition coefficient (Wildman–Crippen LogP) is 3.56. The number of carbonyl (C=O) groups is 1. The summed E-state index contributed by atoms with van der Waals surface area (Å²) in [6.07, 6.45) is 0.719. The molecular formula is C20H23N3O. The van der Waals surface area contributed by atoms with Gasteiger partial charge in [0.1, 0.15) is 5.82 Å². The lowest BCUT2D eigenvalue weighted by Crippen LogP contribution is -2.16. The maximum atomic E-state index is 10.7. The van der Waals surface area contributed by atoms with Crippen molar-refractivity contribution in [2.24, 2.45) is 0 Å². The van der Waals surface area contributed by atoms with Crippen molar-refractivity contribution in [3.05, 3.63) is 64.0 Å². The third-order valence-electron chi connectivity index (χ3n) is 4.91. The van der Waals surface area contributed by atoms with Gasteiger partial charge in [0.05, 0.1) is 17.6 Å². The molecule has 1 aromatic heterocycles. The highest BCUT2D eigenvalue weighted by atomic mass is 16.1. The Labute approximate surface area is 142 Å². The maximum Gasteiger partial charge on any atom is 0.207 e. The Morgan fingerprint density at radius 3 is 2.42 bits per heavy atom. The van der Waals surface area contributed by atoms with Gasteiger partial charge < -0.3 is 9.88 Å². The number of para-hydroxylation sites is 2. The molecule has 0 aliphatic carbocycles. The standard InChI is InChI=1S/C20H23N3O/c1-13-9-14(2)16(4)17(15(13)3)11-23-19-8-6-5-7-18(19)22-20(23)10-21-12-24/h5-9,12H,10-11H2,1-4H3,(H,21,24). The number of amides is 1. The van der Waals surface area contributed by atoms with Gasteiger partial charge in [0.25, 0.3) is 0 Å². The summed E-state index contributed by atoms with van der Waals surface area (Å²) in [7, 11) is 0. The Hall–Kier alpha value is -2.62. The van der Waals surface area contributed by atoms with E-state index in [1.165, 1.54) is 27.8 Å². The highest BCUT2D eigenvalue weighted by Crippen LogP contribution is 2.25. The summed E-state index contributed by atoms with van der Waals surface area (Å²) in [5.41, 5.74) is 8.66. The summed E-state index contributed by atoms with van der Waals surface area (Å²) in [5, 5.41) is 2.74. The number of nitrogens with zero attached hydrogens (tertiary/aromatic N) is 2. The highest BCUT2D eigenvalue weighted by Gasteiger charge is 2.14. The first-order chi connectivity index (χ1) is 11.5. The summed E-state index contributed by atoms with van der Waals surface area (Å²) >= 11 is 0. The molecule has 1 N–H and O–H groups in total. The zero-order valence-corrected chi connectivity index (χ0v) is 14.7. The summed E-state index contributed by atoms with van der Waals surface area (Å²) in [6, 6.07) is 10.4. The third-order valence-corrected chi connectivity index (χ3v) is 4.91. The van der Waals surface area contributed by atoms with Gasteiger partial charge in [-0.2, -0.15) is 0 Å². The van der Waals surface area contributed by atoms with E-state index in [1.54, 1.807) is 0 Å². The molecule has 1 heterocycles. The Kier molecular flexibility index (Phi) is 4.38. The molecule has 0 aliphatic rings. The van der Waals surface area contributed by atoms with E-state index in [2.05, 4.69) is 49.7 Å². The minimum absolute atomic E-state index is 0.432. The van der Waals surface area contributed by atoms with E-state index in [9.17, 15) is 4.79 Å². The van der Waals surface area contributed by atoms with Gasteiger partial charge in [-0.15, -0.1) is 0 Å². The number of rotatable bonds is 5. The number of hydrogen-bond acceptors (Lipinski definition) is 2. The molecule has 0 radical (unpaired) electrons. The lowest BCUT2D eigenvalue weighted by molar-refractivity contribution is -0.109. The van der Waals surface area contributed by atoms with E-state index < -0.39 is 0 Å². The Morgan fingerprint density at radius 1 is 1.08 bits per heavy atom. The van der Waals surface area contributed by atoms with Crippen LogP contribution in [0.15, 0.2) is 30.3 Å². The lowest BCUT2D eigenvalue weighted by atomic mass is 9.94. The zero-order valence-electron chi connectivity index (χ0n) is 14.7. The zero-order chi connectivity index (χ0) is 17.3. The number of hydrogen-bond donors (Lipinski definition) is 1. The van der Waals surface area contributed by atoms with Gasteiger partial charge in [0.2, 0.25) is 6.41 Å². The van der Waals surface area contributed by atoms with Crippen LogP contribution in [0.5, 0.6) is 0 Å². The normalized spacial score (nSPS) is 11.0. The fraction of sp³-hybridized carbons (Fsp3) is 0.300. The van der Waals surface area contributed by atoms with Crippen molar-refractivity contribution in [2.45, 2.75) is 40.8 Å². The van der Waals surface area contributed by atoms with E-state index in [0.29, 0.717) is 6.54 Å². The molecule has 4 nitrogen and oxygen atoms in total. The second-order valence-corrected chi connectivity index (χ2v) is 6.34. The van der Waals surface area contributed by atoms with E-state index in [-0.39, 0.29) is 0 Å². The molecule has 3 aromatic rings. The van der Waals surface area contributed by atoms with Gasteiger partial charge in [-0.05, 0) is 67.6 Å². The predicted molar refractivity (Wildman–Crippen MR) is 97.1 cm³/mol. The molecule has 24 heavy (non-hydrogen) atoms. The van der Waals surface area contributed by atoms with Gasteiger partial charge in [-0.25, -0.2) is 4.98 Å². The van der Waals surface area contributed by atoms with Crippen molar-refractivity contribution >= 4 is 17.4 Å². The fourth-order valence-electron chi connectivity index (χ4n) is 3.26. The SMILES string of the molecule is Cc1cc(C)c(C)c(Cn2c(CNC=O)nc3ccccc32)c1C. The van der Waals surface area contributed by atoms with Crippen LogP contribution in [0.4, 0.5) is 0 Å². The number of aromatic nitrogens is 2. The van der Waals surface area contributed by atoms with Crippen LogP contribution in [0, 0.1) is 27.7 Å². The van der Waals surface area contributed by atoms with Crippen LogP contribution in [0.2, 0.25) is 0 Å². The first kappa shape index (κ1) is 16.2. The summed E-state index contributed by atoms with van der Waals surface area (Å²) in [4.78, 5) is 15.4. The largest absolute Gasteiger partial charge is 0.351 e. The molecule has 3 rings (SSSR count). The van der Waals surface area contributed by atoms with Crippen LogP contribution >= 0.6 is 0 Å². The van der Waals surface area contributed by atoms with Crippen LogP contribution in [0.1, 0.15) is 33.6 Å². The van der Waals surface area contributed by atoms with Crippen molar-refractivity contribution in [1.82, 2.24) is 14.9 Å². The lowest BCUT2D eigenvalue weighted by Gasteiger charge is -2.17. The summed E-state index contributed by atoms with van der Waals surface area (Å²) in [6.45, 7) is 9.87. The maximum absolute atomic E-state index is 10.7. The van der Waals surface area contributed by atoms with Crippen LogP contribution in [0.25, 0.3) is 11.0 Å². The van der Waals surface area contributed by atoms with Crippen LogP contribution in [-0.2, 0) is 17.9 Å². The quantitative estimate of drug-likeness (QED) is 0.730. The van der Waals surface area contributed by atoms with Gasteiger partial charge in [0.15, 0.2) is 0 Å². The first-order valence-electron chi connectivity index (χ1n) is 8.20. The monoisotopic (exact) mass is 321 g/mol. The van der Waals surface area contributed by atoms with E-state index in [0.717, 1.165) is 29.8 Å². The van der Waals surface area contributed by atoms with E-state index >= 15 is 0 Å². The molecule has 0 unspecified atom stereocenters. The molecule has 0 fully saturated rings. The average Bonchev–Trinajstić information content (AvgIpc) is 2.92. The minimum atomic E-state index is 0.432. The molecule has 0 saturated heterocycles. The fourth-order valence-corrected chi connectivity index (χ4v) is 3.26. The van der Waals surface area contributed by atoms with Crippen molar-refractivity contribution in [3.8, 4) is 0 Å². The number of imidazole rings is 1. The third kappa shape index (κ3) is 2.80. The smallest absolute Gasteiger partial charge is 0.207 e. The molecule has 0 atom stereocenters. The minimum Gasteiger partial charge on any atom is -0.351 e.